The lowest BCUT2D eigenvalue weighted by molar-refractivity contribution is -0.386. The van der Waals surface area contributed by atoms with Gasteiger partial charge in [0.25, 0.3) is 0 Å². The van der Waals surface area contributed by atoms with Crippen LogP contribution in [0.25, 0.3) is 0 Å². The van der Waals surface area contributed by atoms with Crippen LogP contribution in [0.15, 0.2) is 16.6 Å². The van der Waals surface area contributed by atoms with Crippen LogP contribution in [-0.2, 0) is 0 Å². The van der Waals surface area contributed by atoms with E-state index in [9.17, 15) is 14.5 Å². The summed E-state index contributed by atoms with van der Waals surface area (Å²) in [5.41, 5.74) is -0.273. The number of hydrogen-bond donors (Lipinski definition) is 1. The van der Waals surface area contributed by atoms with Crippen molar-refractivity contribution >= 4 is 21.6 Å². The van der Waals surface area contributed by atoms with Gasteiger partial charge in [-0.3, -0.25) is 10.1 Å². The highest BCUT2D eigenvalue weighted by molar-refractivity contribution is 9.10. The summed E-state index contributed by atoms with van der Waals surface area (Å²) in [5, 5.41) is 19.4. The van der Waals surface area contributed by atoms with Crippen molar-refractivity contribution in [3.63, 3.8) is 0 Å². The Labute approximate surface area is 112 Å². The van der Waals surface area contributed by atoms with Crippen LogP contribution in [0.1, 0.15) is 19.3 Å². The number of nitro benzene ring substituents is 1. The van der Waals surface area contributed by atoms with E-state index in [4.69, 9.17) is 9.84 Å². The van der Waals surface area contributed by atoms with Gasteiger partial charge in [-0.25, -0.2) is 4.39 Å². The summed E-state index contributed by atoms with van der Waals surface area (Å²) >= 11 is 2.89. The second-order valence-corrected chi connectivity index (χ2v) is 4.48. The molecule has 1 aromatic carbocycles. The van der Waals surface area contributed by atoms with Crippen LogP contribution in [0.5, 0.6) is 5.75 Å². The minimum Gasteiger partial charge on any atom is -0.487 e. The number of nitrogens with zero attached hydrogens (tertiary/aromatic N) is 1. The number of aliphatic hydroxyl groups excluding tert-OH is 1. The highest BCUT2D eigenvalue weighted by Gasteiger charge is 2.18. The molecule has 0 aliphatic rings. The Kier molecular flexibility index (Phi) is 6.00. The number of unbranched alkanes of at least 4 members (excludes halogenated alkanes) is 2. The Hall–Kier alpha value is -1.21. The zero-order valence-electron chi connectivity index (χ0n) is 9.57. The molecule has 18 heavy (non-hydrogen) atoms. The van der Waals surface area contributed by atoms with Gasteiger partial charge in [-0.2, -0.15) is 0 Å². The lowest BCUT2D eigenvalue weighted by Gasteiger charge is -2.07. The molecule has 7 heteroatoms. The zero-order valence-corrected chi connectivity index (χ0v) is 11.2. The predicted octanol–water partition coefficient (Wildman–Crippen LogP) is 3.04. The average Bonchev–Trinajstić information content (AvgIpc) is 2.32. The lowest BCUT2D eigenvalue weighted by Crippen LogP contribution is -2.02. The third-order valence-corrected chi connectivity index (χ3v) is 2.87. The van der Waals surface area contributed by atoms with E-state index >= 15 is 0 Å². The van der Waals surface area contributed by atoms with Crippen molar-refractivity contribution in [2.45, 2.75) is 19.3 Å². The van der Waals surface area contributed by atoms with Crippen molar-refractivity contribution in [2.75, 3.05) is 13.2 Å². The van der Waals surface area contributed by atoms with E-state index in [0.29, 0.717) is 12.8 Å². The molecule has 0 unspecified atom stereocenters. The fourth-order valence-corrected chi connectivity index (χ4v) is 1.68. The molecule has 0 aromatic heterocycles. The molecule has 1 aromatic rings. The van der Waals surface area contributed by atoms with Gasteiger partial charge in [0.05, 0.1) is 16.0 Å². The minimum absolute atomic E-state index is 0.0295. The van der Waals surface area contributed by atoms with Crippen LogP contribution >= 0.6 is 15.9 Å². The van der Waals surface area contributed by atoms with E-state index in [-0.39, 0.29) is 29.1 Å². The Morgan fingerprint density at radius 1 is 1.39 bits per heavy atom. The summed E-state index contributed by atoms with van der Waals surface area (Å²) in [4.78, 5) is 10.2. The molecule has 0 spiro atoms. The second kappa shape index (κ2) is 7.27. The highest BCUT2D eigenvalue weighted by atomic mass is 79.9. The molecule has 0 bridgehead atoms. The fourth-order valence-electron chi connectivity index (χ4n) is 1.35. The number of hydrogen-bond acceptors (Lipinski definition) is 4. The maximum Gasteiger partial charge on any atom is 0.312 e. The van der Waals surface area contributed by atoms with Crippen LogP contribution in [0.2, 0.25) is 0 Å². The van der Waals surface area contributed by atoms with Gasteiger partial charge in [-0.1, -0.05) is 0 Å². The number of benzene rings is 1. The molecule has 0 aliphatic heterocycles. The predicted molar refractivity (Wildman–Crippen MR) is 67.2 cm³/mol. The van der Waals surface area contributed by atoms with E-state index in [2.05, 4.69) is 15.9 Å². The fraction of sp³-hybridized carbons (Fsp3) is 0.455. The van der Waals surface area contributed by atoms with Crippen LogP contribution in [0.4, 0.5) is 10.1 Å². The Bertz CT molecular complexity index is 428. The maximum atomic E-state index is 13.3. The number of nitro groups is 1. The summed E-state index contributed by atoms with van der Waals surface area (Å²) in [6.07, 6.45) is 2.05. The van der Waals surface area contributed by atoms with Gasteiger partial charge in [0.2, 0.25) is 0 Å². The number of aliphatic hydroxyl groups is 1. The summed E-state index contributed by atoms with van der Waals surface area (Å²) in [6, 6.07) is 2.08. The molecule has 0 fully saturated rings. The Balaban J connectivity index is 2.68. The summed E-state index contributed by atoms with van der Waals surface area (Å²) < 4.78 is 18.5. The molecule has 0 amide bonds. The van der Waals surface area contributed by atoms with E-state index in [0.717, 1.165) is 18.6 Å². The van der Waals surface area contributed by atoms with Crippen molar-refractivity contribution in [3.05, 3.63) is 32.5 Å². The van der Waals surface area contributed by atoms with Gasteiger partial charge in [0.15, 0.2) is 5.75 Å². The second-order valence-electron chi connectivity index (χ2n) is 3.62. The van der Waals surface area contributed by atoms with Crippen LogP contribution in [-0.4, -0.2) is 23.2 Å². The molecule has 0 saturated heterocycles. The van der Waals surface area contributed by atoms with E-state index in [1.54, 1.807) is 0 Å². The van der Waals surface area contributed by atoms with Crippen molar-refractivity contribution in [1.29, 1.82) is 0 Å². The molecule has 0 saturated carbocycles. The molecule has 1 N–H and O–H groups in total. The minimum atomic E-state index is -0.618. The van der Waals surface area contributed by atoms with Gasteiger partial charge in [-0.15, -0.1) is 0 Å². The monoisotopic (exact) mass is 321 g/mol. The first-order chi connectivity index (χ1) is 8.56. The SMILES string of the molecule is O=[N+]([O-])c1cc(Br)c(F)cc1OCCCCCO. The third-order valence-electron chi connectivity index (χ3n) is 2.26. The smallest absolute Gasteiger partial charge is 0.312 e. The molecular weight excluding hydrogens is 309 g/mol. The standard InChI is InChI=1S/C11H13BrFNO4/c12-8-6-10(14(16)17)11(7-9(8)13)18-5-3-1-2-4-15/h6-7,15H,1-5H2. The van der Waals surface area contributed by atoms with Gasteiger partial charge < -0.3 is 9.84 Å². The first-order valence-electron chi connectivity index (χ1n) is 5.43. The third kappa shape index (κ3) is 4.23. The first kappa shape index (κ1) is 14.8. The summed E-state index contributed by atoms with van der Waals surface area (Å²) in [5.74, 6) is -0.685. The van der Waals surface area contributed by atoms with E-state index in [1.165, 1.54) is 0 Å². The van der Waals surface area contributed by atoms with Gasteiger partial charge in [-0.05, 0) is 35.2 Å². The highest BCUT2D eigenvalue weighted by Crippen LogP contribution is 2.32. The van der Waals surface area contributed by atoms with Crippen LogP contribution < -0.4 is 4.74 Å². The maximum absolute atomic E-state index is 13.3. The van der Waals surface area contributed by atoms with E-state index < -0.39 is 10.7 Å². The van der Waals surface area contributed by atoms with Gasteiger partial charge in [0, 0.05) is 18.7 Å². The summed E-state index contributed by atoms with van der Waals surface area (Å²) in [7, 11) is 0. The zero-order chi connectivity index (χ0) is 13.5. The lowest BCUT2D eigenvalue weighted by atomic mass is 10.2. The molecule has 0 radical (unpaired) electrons. The molecule has 5 nitrogen and oxygen atoms in total. The van der Waals surface area contributed by atoms with Crippen LogP contribution in [0.3, 0.4) is 0 Å². The van der Waals surface area contributed by atoms with Crippen molar-refractivity contribution in [3.8, 4) is 5.75 Å². The molecular formula is C11H13BrFNO4. The van der Waals surface area contributed by atoms with Gasteiger partial charge in [0.1, 0.15) is 5.82 Å². The van der Waals surface area contributed by atoms with Crippen molar-refractivity contribution in [2.24, 2.45) is 0 Å². The van der Waals surface area contributed by atoms with Crippen LogP contribution in [0, 0.1) is 15.9 Å². The first-order valence-corrected chi connectivity index (χ1v) is 6.22. The van der Waals surface area contributed by atoms with Crippen molar-refractivity contribution < 1.29 is 19.2 Å². The molecule has 0 heterocycles. The number of rotatable bonds is 7. The molecule has 0 atom stereocenters. The summed E-state index contributed by atoms with van der Waals surface area (Å²) in [6.45, 7) is 0.356. The van der Waals surface area contributed by atoms with Gasteiger partial charge >= 0.3 is 5.69 Å². The molecule has 1 rings (SSSR count). The Morgan fingerprint density at radius 2 is 2.11 bits per heavy atom. The molecule has 100 valence electrons. The Morgan fingerprint density at radius 3 is 2.72 bits per heavy atom. The average molecular weight is 322 g/mol. The number of ether oxygens (including phenoxy) is 1. The quantitative estimate of drug-likeness (QED) is 0.476. The van der Waals surface area contributed by atoms with Crippen molar-refractivity contribution in [1.82, 2.24) is 0 Å². The normalized spacial score (nSPS) is 10.4. The largest absolute Gasteiger partial charge is 0.487 e. The number of halogens is 2. The van der Waals surface area contributed by atoms with E-state index in [1.807, 2.05) is 0 Å². The topological polar surface area (TPSA) is 72.6 Å². The molecule has 0 aliphatic carbocycles.